The van der Waals surface area contributed by atoms with Crippen molar-refractivity contribution < 1.29 is 44.3 Å². The number of aliphatic hydroxyl groups is 2. The first kappa shape index (κ1) is 23.6. The second kappa shape index (κ2) is 8.21. The van der Waals surface area contributed by atoms with E-state index in [4.69, 9.17) is 15.2 Å². The van der Waals surface area contributed by atoms with Crippen LogP contribution in [0.4, 0.5) is 0 Å². The van der Waals surface area contributed by atoms with Gasteiger partial charge in [-0.25, -0.2) is 0 Å². The smallest absolute Gasteiger partial charge is 0.198 e. The number of phenols is 2. The van der Waals surface area contributed by atoms with Crippen LogP contribution in [0, 0.1) is 0 Å². The minimum absolute atomic E-state index is 0.0344. The predicted octanol–water partition coefficient (Wildman–Crippen LogP) is 0.632. The van der Waals surface area contributed by atoms with Crippen LogP contribution in [-0.2, 0) is 20.7 Å². The normalized spacial score (nSPS) is 29.8. The van der Waals surface area contributed by atoms with Crippen LogP contribution >= 0.6 is 0 Å². The van der Waals surface area contributed by atoms with Crippen LogP contribution < -0.4 is 5.73 Å². The summed E-state index contributed by atoms with van der Waals surface area (Å²) >= 11 is 0. The monoisotopic (exact) mass is 486 g/mol. The zero-order chi connectivity index (χ0) is 25.2. The maximum Gasteiger partial charge on any atom is 0.198 e. The van der Waals surface area contributed by atoms with Gasteiger partial charge >= 0.3 is 0 Å². The second-order valence-corrected chi connectivity index (χ2v) is 9.39. The lowest BCUT2D eigenvalue weighted by Crippen LogP contribution is -2.53. The number of fused-ring (bicyclic) bond motifs is 3. The van der Waals surface area contributed by atoms with Crippen LogP contribution in [-0.4, -0.2) is 68.4 Å². The van der Waals surface area contributed by atoms with Gasteiger partial charge in [0.15, 0.2) is 17.9 Å². The number of benzene rings is 2. The molecule has 3 aliphatic rings. The number of ketones is 3. The number of aliphatic hydroxyl groups excluding tert-OH is 2. The molecule has 0 bridgehead atoms. The van der Waals surface area contributed by atoms with E-state index >= 15 is 0 Å². The van der Waals surface area contributed by atoms with Gasteiger partial charge in [-0.2, -0.15) is 0 Å². The van der Waals surface area contributed by atoms with Crippen LogP contribution in [0.15, 0.2) is 24.3 Å². The molecular formula is C25H25NO9. The minimum Gasteiger partial charge on any atom is -0.507 e. The number of hydrogen-bond donors (Lipinski definition) is 5. The van der Waals surface area contributed by atoms with Crippen molar-refractivity contribution >= 4 is 17.3 Å². The van der Waals surface area contributed by atoms with Gasteiger partial charge in [0, 0.05) is 41.5 Å². The quantitative estimate of drug-likeness (QED) is 0.261. The Bertz CT molecular complexity index is 1270. The molecule has 2 aromatic rings. The Morgan fingerprint density at radius 3 is 2.23 bits per heavy atom. The number of ether oxygens (including phenoxy) is 2. The van der Waals surface area contributed by atoms with Crippen molar-refractivity contribution in [1.29, 1.82) is 0 Å². The fourth-order valence-electron chi connectivity index (χ4n) is 5.13. The average molecular weight is 486 g/mol. The Balaban J connectivity index is 1.67. The van der Waals surface area contributed by atoms with E-state index in [1.165, 1.54) is 19.1 Å². The minimum atomic E-state index is -1.50. The standard InChI is InChI=1S/C25H25NO9/c1-10(27)25(26)7-13-18(16(8-25)35-17-6-14(28)15(29)9-34-17)24(33)20-19(23(13)32)21(30)11-4-2-3-5-12(11)22(20)31/h2-5,14-17,28-29,32-33H,6-9,26H2,1H3/t14-,15+,16-,17-,25-/m0/s1/i10+1,21+1,22+1. The molecular weight excluding hydrogens is 461 g/mol. The van der Waals surface area contributed by atoms with E-state index in [2.05, 4.69) is 0 Å². The molecule has 0 spiro atoms. The number of rotatable bonds is 3. The second-order valence-electron chi connectivity index (χ2n) is 9.39. The highest BCUT2D eigenvalue weighted by atomic mass is 16.7. The van der Waals surface area contributed by atoms with Gasteiger partial charge in [-0.15, -0.1) is 0 Å². The molecule has 2 aromatic carbocycles. The number of carbonyl (C=O) groups excluding carboxylic acids is 3. The zero-order valence-corrected chi connectivity index (χ0v) is 18.9. The Hall–Kier alpha value is -3.15. The number of hydrogen-bond acceptors (Lipinski definition) is 10. The summed E-state index contributed by atoms with van der Waals surface area (Å²) in [6, 6.07) is 6.10. The van der Waals surface area contributed by atoms with Crippen molar-refractivity contribution in [1.82, 2.24) is 0 Å². The highest BCUT2D eigenvalue weighted by Crippen LogP contribution is 2.51. The number of nitrogens with two attached hydrogens (primary N) is 1. The number of aromatic hydroxyl groups is 2. The first-order chi connectivity index (χ1) is 16.5. The van der Waals surface area contributed by atoms with E-state index in [1.54, 1.807) is 12.1 Å². The third-order valence-electron chi connectivity index (χ3n) is 7.17. The summed E-state index contributed by atoms with van der Waals surface area (Å²) in [5.41, 5.74) is 4.47. The molecule has 1 fully saturated rings. The van der Waals surface area contributed by atoms with Crippen LogP contribution in [0.3, 0.4) is 0 Å². The number of carbonyl (C=O) groups is 3. The molecule has 5 atom stereocenters. The fourth-order valence-corrected chi connectivity index (χ4v) is 5.13. The highest BCUT2D eigenvalue weighted by molar-refractivity contribution is 6.30. The highest BCUT2D eigenvalue weighted by Gasteiger charge is 2.48. The third-order valence-corrected chi connectivity index (χ3v) is 7.17. The molecule has 0 aromatic heterocycles. The number of Topliss-reactive ketones (excluding diaryl/α,β-unsaturated/α-hetero) is 1. The van der Waals surface area contributed by atoms with Crippen LogP contribution in [0.2, 0.25) is 0 Å². The summed E-state index contributed by atoms with van der Waals surface area (Å²) in [6.45, 7) is 1.09. The molecule has 0 amide bonds. The molecule has 0 saturated carbocycles. The van der Waals surface area contributed by atoms with Crippen molar-refractivity contribution in [3.05, 3.63) is 57.6 Å². The van der Waals surface area contributed by atoms with Gasteiger partial charge in [-0.1, -0.05) is 24.3 Å². The molecule has 0 unspecified atom stereocenters. The van der Waals surface area contributed by atoms with E-state index in [9.17, 15) is 34.8 Å². The van der Waals surface area contributed by atoms with E-state index in [1.807, 2.05) is 0 Å². The molecule has 6 N–H and O–H groups in total. The maximum atomic E-state index is 13.3. The van der Waals surface area contributed by atoms with Gasteiger partial charge in [0.05, 0.1) is 35.5 Å². The van der Waals surface area contributed by atoms with Crippen molar-refractivity contribution in [3.8, 4) is 11.5 Å². The Kier molecular flexibility index (Phi) is 5.53. The van der Waals surface area contributed by atoms with Gasteiger partial charge < -0.3 is 35.6 Å². The summed E-state index contributed by atoms with van der Waals surface area (Å²) in [5.74, 6) is -2.74. The van der Waals surface area contributed by atoms with Gasteiger partial charge in [0.25, 0.3) is 0 Å². The number of phenolic OH excluding ortho intramolecular Hbond substituents is 2. The first-order valence-corrected chi connectivity index (χ1v) is 11.3. The van der Waals surface area contributed by atoms with E-state index in [-0.39, 0.29) is 59.3 Å². The van der Waals surface area contributed by atoms with Crippen LogP contribution in [0.5, 0.6) is 11.5 Å². The summed E-state index contributed by atoms with van der Waals surface area (Å²) in [6.07, 6.45) is -4.74. The Labute approximate surface area is 199 Å². The van der Waals surface area contributed by atoms with Gasteiger partial charge in [-0.3, -0.25) is 14.4 Å². The van der Waals surface area contributed by atoms with Crippen LogP contribution in [0.1, 0.15) is 68.8 Å². The molecule has 1 heterocycles. The van der Waals surface area contributed by atoms with Crippen molar-refractivity contribution in [3.63, 3.8) is 0 Å². The third kappa shape index (κ3) is 3.57. The molecule has 5 rings (SSSR count). The van der Waals surface area contributed by atoms with Crippen molar-refractivity contribution in [2.75, 3.05) is 6.61 Å². The lowest BCUT2D eigenvalue weighted by molar-refractivity contribution is -0.238. The van der Waals surface area contributed by atoms with Gasteiger partial charge in [0.2, 0.25) is 0 Å². The molecule has 35 heavy (non-hydrogen) atoms. The van der Waals surface area contributed by atoms with Gasteiger partial charge in [0.1, 0.15) is 23.4 Å². The lowest BCUT2D eigenvalue weighted by Gasteiger charge is -2.41. The summed E-state index contributed by atoms with van der Waals surface area (Å²) < 4.78 is 11.4. The molecule has 10 nitrogen and oxygen atoms in total. The maximum absolute atomic E-state index is 13.3. The SMILES string of the molecule is C[13C](=O)[C@]1(N)Cc2c(O)c3c(c(O)c2[C@@H](O[C@H]2C[C@H](O)[C@H](O)CO2)C1)[13C](=O)c1ccccc1[13C]3=O. The molecule has 184 valence electrons. The topological polar surface area (TPSA) is 177 Å². The van der Waals surface area contributed by atoms with E-state index in [0.29, 0.717) is 0 Å². The molecule has 10 heteroatoms. The summed E-state index contributed by atoms with van der Waals surface area (Å²) in [5, 5.41) is 42.3. The van der Waals surface area contributed by atoms with Crippen LogP contribution in [0.25, 0.3) is 0 Å². The Morgan fingerprint density at radius 2 is 1.66 bits per heavy atom. The predicted molar refractivity (Wildman–Crippen MR) is 119 cm³/mol. The van der Waals surface area contributed by atoms with Crippen molar-refractivity contribution in [2.45, 2.75) is 56.3 Å². The molecule has 1 saturated heterocycles. The van der Waals surface area contributed by atoms with Crippen molar-refractivity contribution in [2.24, 2.45) is 5.73 Å². The molecule has 0 radical (unpaired) electrons. The molecule has 2 aliphatic carbocycles. The van der Waals surface area contributed by atoms with E-state index in [0.717, 1.165) is 0 Å². The summed E-state index contributed by atoms with van der Waals surface area (Å²) in [4.78, 5) is 39.0. The first-order valence-electron chi connectivity index (χ1n) is 11.3. The lowest BCUT2D eigenvalue weighted by atomic mass is 9.77. The largest absolute Gasteiger partial charge is 0.507 e. The van der Waals surface area contributed by atoms with E-state index < -0.39 is 59.0 Å². The Morgan fingerprint density at radius 1 is 1.06 bits per heavy atom. The fraction of sp³-hybridized carbons (Fsp3) is 0.400. The summed E-state index contributed by atoms with van der Waals surface area (Å²) in [7, 11) is 0. The molecule has 1 aliphatic heterocycles. The van der Waals surface area contributed by atoms with Gasteiger partial charge in [-0.05, 0) is 6.92 Å². The average Bonchev–Trinajstić information content (AvgIpc) is 2.82. The zero-order valence-electron chi connectivity index (χ0n) is 18.9.